The highest BCUT2D eigenvalue weighted by molar-refractivity contribution is 7.85. The Hall–Kier alpha value is -2.77. The zero-order valence-corrected chi connectivity index (χ0v) is 22.0. The van der Waals surface area contributed by atoms with Crippen LogP contribution in [0.3, 0.4) is 0 Å². The zero-order valence-electron chi connectivity index (χ0n) is 21.2. The van der Waals surface area contributed by atoms with Gasteiger partial charge in [-0.1, -0.05) is 32.0 Å². The van der Waals surface area contributed by atoms with Crippen molar-refractivity contribution in [2.45, 2.75) is 57.4 Å². The van der Waals surface area contributed by atoms with Crippen molar-refractivity contribution in [2.75, 3.05) is 20.6 Å². The molecule has 1 aliphatic rings. The second kappa shape index (κ2) is 11.1. The Kier molecular flexibility index (Phi) is 8.44. The molecule has 0 bridgehead atoms. The monoisotopic (exact) mass is 480 g/mol. The minimum Gasteiger partial charge on any atom is -0.468 e. The first-order valence-corrected chi connectivity index (χ1v) is 12.8. The van der Waals surface area contributed by atoms with Crippen LogP contribution in [-0.2, 0) is 22.1 Å². The molecule has 2 aromatic carbocycles. The van der Waals surface area contributed by atoms with Crippen LogP contribution < -0.4 is 5.32 Å². The van der Waals surface area contributed by atoms with Crippen LogP contribution in [0.5, 0.6) is 0 Å². The molecule has 34 heavy (non-hydrogen) atoms. The van der Waals surface area contributed by atoms with Gasteiger partial charge in [0.2, 0.25) is 5.90 Å². The van der Waals surface area contributed by atoms with E-state index >= 15 is 0 Å². The van der Waals surface area contributed by atoms with E-state index in [2.05, 4.69) is 10.2 Å². The number of hydrogen-bond acceptors (Lipinski definition) is 6. The smallest absolute Gasteiger partial charge is 0.213 e. The average molecular weight is 481 g/mol. The van der Waals surface area contributed by atoms with E-state index in [4.69, 9.17) is 15.1 Å². The van der Waals surface area contributed by atoms with Crippen molar-refractivity contribution in [3.05, 3.63) is 76.1 Å². The van der Waals surface area contributed by atoms with Gasteiger partial charge in [-0.25, -0.2) is 4.99 Å². The van der Waals surface area contributed by atoms with E-state index in [0.29, 0.717) is 6.54 Å². The number of rotatable bonds is 8. The molecule has 3 rings (SSSR count). The van der Waals surface area contributed by atoms with Gasteiger partial charge in [-0.05, 0) is 63.2 Å². The summed E-state index contributed by atoms with van der Waals surface area (Å²) < 4.78 is 18.5. The number of hydrogen-bond donors (Lipinski definition) is 2. The van der Waals surface area contributed by atoms with Crippen molar-refractivity contribution in [3.8, 4) is 0 Å². The maximum atomic E-state index is 12.5. The topological polar surface area (TPSA) is 77.8 Å². The third-order valence-corrected chi connectivity index (χ3v) is 7.61. The molecule has 182 valence electrons. The third kappa shape index (κ3) is 5.83. The average Bonchev–Trinajstić information content (AvgIpc) is 2.80. The summed E-state index contributed by atoms with van der Waals surface area (Å²) >= 11 is 0. The molecule has 0 aliphatic carbocycles. The summed E-state index contributed by atoms with van der Waals surface area (Å²) in [6.45, 7) is 11.4. The predicted molar refractivity (Wildman–Crippen MR) is 141 cm³/mol. The van der Waals surface area contributed by atoms with Crippen LogP contribution in [0.4, 0.5) is 0 Å². The van der Waals surface area contributed by atoms with E-state index in [1.165, 1.54) is 0 Å². The zero-order chi connectivity index (χ0) is 25.0. The second-order valence-corrected chi connectivity index (χ2v) is 11.0. The Labute approximate surface area is 206 Å². The Bertz CT molecular complexity index is 1140. The summed E-state index contributed by atoms with van der Waals surface area (Å²) in [4.78, 5) is 7.99. The van der Waals surface area contributed by atoms with Crippen molar-refractivity contribution in [1.82, 2.24) is 10.2 Å². The van der Waals surface area contributed by atoms with E-state index < -0.39 is 10.8 Å². The van der Waals surface area contributed by atoms with Gasteiger partial charge in [-0.15, -0.1) is 0 Å². The SMILES string of the molecule is CNCc1ccc(C(=N)OC(C)C2=C(C)N(C)CC(c3ccc(S(=O)C(C)C)cc3C)=N2)cc1. The number of benzene rings is 2. The van der Waals surface area contributed by atoms with E-state index in [0.717, 1.165) is 50.8 Å². The summed E-state index contributed by atoms with van der Waals surface area (Å²) in [5, 5.41) is 11.7. The molecule has 0 saturated heterocycles. The van der Waals surface area contributed by atoms with Crippen LogP contribution in [0.25, 0.3) is 0 Å². The van der Waals surface area contributed by atoms with Crippen LogP contribution in [0.1, 0.15) is 49.9 Å². The summed E-state index contributed by atoms with van der Waals surface area (Å²) in [5.41, 5.74) is 6.79. The van der Waals surface area contributed by atoms with Gasteiger partial charge < -0.3 is 15.0 Å². The lowest BCUT2D eigenvalue weighted by Gasteiger charge is -2.30. The van der Waals surface area contributed by atoms with Gasteiger partial charge in [0.05, 0.1) is 28.8 Å². The minimum atomic E-state index is -1.02. The fourth-order valence-electron chi connectivity index (χ4n) is 3.97. The van der Waals surface area contributed by atoms with Crippen LogP contribution >= 0.6 is 0 Å². The number of nitrogens with one attached hydrogen (secondary N) is 2. The first-order valence-electron chi connectivity index (χ1n) is 11.6. The van der Waals surface area contributed by atoms with Crippen molar-refractivity contribution < 1.29 is 8.95 Å². The molecule has 0 fully saturated rings. The number of nitrogens with zero attached hydrogens (tertiary/aromatic N) is 2. The second-order valence-electron chi connectivity index (χ2n) is 9.02. The molecule has 0 spiro atoms. The third-order valence-electron chi connectivity index (χ3n) is 6.03. The van der Waals surface area contributed by atoms with Gasteiger partial charge in [-0.2, -0.15) is 0 Å². The fraction of sp³-hybridized carbons (Fsp3) is 0.407. The number of allylic oxidation sites excluding steroid dienone is 1. The van der Waals surface area contributed by atoms with Crippen LogP contribution in [-0.4, -0.2) is 52.7 Å². The molecular formula is C27H36N4O2S. The molecule has 1 heterocycles. The molecule has 6 nitrogen and oxygen atoms in total. The largest absolute Gasteiger partial charge is 0.468 e. The molecule has 0 saturated carbocycles. The molecule has 2 atom stereocenters. The molecule has 2 unspecified atom stereocenters. The van der Waals surface area contributed by atoms with E-state index in [1.54, 1.807) is 0 Å². The van der Waals surface area contributed by atoms with Crippen LogP contribution in [0.2, 0.25) is 0 Å². The quantitative estimate of drug-likeness (QED) is 0.427. The van der Waals surface area contributed by atoms with E-state index in [1.807, 2.05) is 91.2 Å². The summed E-state index contributed by atoms with van der Waals surface area (Å²) in [6.07, 6.45) is -0.379. The van der Waals surface area contributed by atoms with Crippen molar-refractivity contribution >= 4 is 22.4 Å². The molecule has 0 aromatic heterocycles. The highest BCUT2D eigenvalue weighted by Crippen LogP contribution is 2.26. The van der Waals surface area contributed by atoms with Crippen molar-refractivity contribution in [1.29, 1.82) is 5.41 Å². The molecular weight excluding hydrogens is 444 g/mol. The molecule has 0 radical (unpaired) electrons. The van der Waals surface area contributed by atoms with Gasteiger partial charge >= 0.3 is 0 Å². The Balaban J connectivity index is 1.83. The molecule has 2 aromatic rings. The first kappa shape index (κ1) is 25.8. The van der Waals surface area contributed by atoms with Crippen molar-refractivity contribution in [3.63, 3.8) is 0 Å². The number of ether oxygens (including phenoxy) is 1. The van der Waals surface area contributed by atoms with Gasteiger partial charge in [0.1, 0.15) is 6.10 Å². The van der Waals surface area contributed by atoms with Crippen LogP contribution in [0.15, 0.2) is 63.7 Å². The molecule has 1 aliphatic heterocycles. The molecule has 7 heteroatoms. The van der Waals surface area contributed by atoms with Gasteiger partial charge in [0.15, 0.2) is 0 Å². The lowest BCUT2D eigenvalue weighted by atomic mass is 10.0. The summed E-state index contributed by atoms with van der Waals surface area (Å²) in [5.74, 6) is 0.130. The number of aryl methyl sites for hydroxylation is 1. The maximum Gasteiger partial charge on any atom is 0.213 e. The Morgan fingerprint density at radius 1 is 1.18 bits per heavy atom. The lowest BCUT2D eigenvalue weighted by Crippen LogP contribution is -2.33. The molecule has 2 N–H and O–H groups in total. The molecule has 0 amide bonds. The highest BCUT2D eigenvalue weighted by Gasteiger charge is 2.24. The minimum absolute atomic E-state index is 0.0772. The standard InChI is InChI=1S/C27H36N4O2S/c1-17(2)34(32)23-12-13-24(18(3)14-23)25-16-31(7)19(4)26(30-25)20(5)33-27(28)22-10-8-21(9-11-22)15-29-6/h8-14,17,20,28-29H,15-16H2,1-7H3. The number of aliphatic imine (C=N–C) groups is 1. The maximum absolute atomic E-state index is 12.5. The lowest BCUT2D eigenvalue weighted by molar-refractivity contribution is 0.234. The highest BCUT2D eigenvalue weighted by atomic mass is 32.2. The normalized spacial score (nSPS) is 15.9. The van der Waals surface area contributed by atoms with Crippen molar-refractivity contribution in [2.24, 2.45) is 4.99 Å². The van der Waals surface area contributed by atoms with Crippen LogP contribution in [0, 0.1) is 12.3 Å². The van der Waals surface area contributed by atoms with Gasteiger partial charge in [-0.3, -0.25) is 9.62 Å². The predicted octanol–water partition coefficient (Wildman–Crippen LogP) is 4.63. The Morgan fingerprint density at radius 2 is 1.85 bits per heavy atom. The summed E-state index contributed by atoms with van der Waals surface area (Å²) in [7, 11) is 2.93. The van der Waals surface area contributed by atoms with E-state index in [9.17, 15) is 4.21 Å². The fourth-order valence-corrected chi connectivity index (χ4v) is 5.01. The van der Waals surface area contributed by atoms with Gasteiger partial charge in [0.25, 0.3) is 0 Å². The summed E-state index contributed by atoms with van der Waals surface area (Å²) in [6, 6.07) is 13.8. The van der Waals surface area contributed by atoms with Gasteiger partial charge in [0, 0.05) is 40.6 Å². The first-order chi connectivity index (χ1) is 16.1. The Morgan fingerprint density at radius 3 is 2.44 bits per heavy atom. The van der Waals surface area contributed by atoms with E-state index in [-0.39, 0.29) is 17.3 Å². The number of likely N-dealkylation sites (N-methyl/N-ethyl adjacent to an activating group) is 1.